The van der Waals surface area contributed by atoms with Crippen LogP contribution in [-0.2, 0) is 48.9 Å². The molecule has 0 amide bonds. The molecule has 0 rings (SSSR count). The van der Waals surface area contributed by atoms with Crippen LogP contribution in [-0.4, -0.2) is 18.5 Å². The van der Waals surface area contributed by atoms with E-state index in [4.69, 9.17) is 0 Å². The zero-order valence-electron chi connectivity index (χ0n) is 1.47. The first-order valence-electron chi connectivity index (χ1n) is 0.167. The van der Waals surface area contributed by atoms with E-state index in [-0.39, 0.29) is 33.3 Å². The third-order valence-corrected chi connectivity index (χ3v) is 0. The second kappa shape index (κ2) is 17.9. The Kier molecular flexibility index (Phi) is 71.9. The second-order valence-corrected chi connectivity index (χ2v) is 0. The molecule has 0 heterocycles. The molecule has 4 heavy (non-hydrogen) atoms. The van der Waals surface area contributed by atoms with Crippen molar-refractivity contribution in [1.29, 1.82) is 0 Å². The molecule has 0 atom stereocenters. The van der Waals surface area contributed by atoms with Crippen molar-refractivity contribution in [2.75, 3.05) is 0 Å². The fraction of sp³-hybridized carbons (Fsp3) is 0. The van der Waals surface area contributed by atoms with E-state index in [1.807, 2.05) is 18.5 Å². The molecule has 0 unspecified atom stereocenters. The van der Waals surface area contributed by atoms with Crippen molar-refractivity contribution >= 4 is 18.5 Å². The van der Waals surface area contributed by atoms with E-state index in [9.17, 15) is 0 Å². The third-order valence-electron chi connectivity index (χ3n) is 0. The van der Waals surface area contributed by atoms with Gasteiger partial charge >= 0.3 is 34.1 Å². The Morgan fingerprint density at radius 3 is 1.25 bits per heavy atom. The minimum absolute atomic E-state index is 0. The van der Waals surface area contributed by atoms with Crippen LogP contribution in [0.3, 0.4) is 0 Å². The molecular formula is CoNiTeW. The minimum atomic E-state index is 0. The van der Waals surface area contributed by atoms with Gasteiger partial charge in [-0.3, -0.25) is 0 Å². The van der Waals surface area contributed by atoms with Gasteiger partial charge in [0.2, 0.25) is 0 Å². The molecule has 0 saturated carbocycles. The van der Waals surface area contributed by atoms with Gasteiger partial charge in [-0.1, -0.05) is 0 Å². The Labute approximate surface area is 66.3 Å². The standard InChI is InChI=1S/Co.Ni.Te.W. The van der Waals surface area contributed by atoms with Crippen molar-refractivity contribution < 1.29 is 48.9 Å². The Bertz CT molecular complexity index is 8.00. The van der Waals surface area contributed by atoms with Gasteiger partial charge < -0.3 is 0 Å². The molecule has 0 aromatic heterocycles. The SMILES string of the molecule is [Co].[Ni].[Te]=[W]. The first kappa shape index (κ1) is 16.1. The van der Waals surface area contributed by atoms with Crippen LogP contribution in [0.5, 0.6) is 0 Å². The first-order valence-corrected chi connectivity index (χ1v) is 9.15. The zero-order valence-corrected chi connectivity index (χ0v) is 8.76. The van der Waals surface area contributed by atoms with Gasteiger partial charge in [-0.05, 0) is 0 Å². The van der Waals surface area contributed by atoms with Gasteiger partial charge in [0, 0.05) is 33.3 Å². The predicted octanol–water partition coefficient (Wildman–Crippen LogP) is -0.388. The van der Waals surface area contributed by atoms with E-state index >= 15 is 0 Å². The fourth-order valence-corrected chi connectivity index (χ4v) is 0. The molecule has 4 heteroatoms. The quantitative estimate of drug-likeness (QED) is 0.461. The topological polar surface area (TPSA) is 0 Å². The van der Waals surface area contributed by atoms with Crippen molar-refractivity contribution in [2.45, 2.75) is 0 Å². The summed E-state index contributed by atoms with van der Waals surface area (Å²) in [5, 5.41) is 0. The summed E-state index contributed by atoms with van der Waals surface area (Å²) in [7, 11) is 0. The Morgan fingerprint density at radius 1 is 1.25 bits per heavy atom. The summed E-state index contributed by atoms with van der Waals surface area (Å²) < 4.78 is 0. The van der Waals surface area contributed by atoms with Crippen LogP contribution in [0.25, 0.3) is 0 Å². The molecule has 0 aromatic rings. The van der Waals surface area contributed by atoms with E-state index in [1.54, 1.807) is 15.6 Å². The van der Waals surface area contributed by atoms with Gasteiger partial charge in [0.15, 0.2) is 0 Å². The number of hydrogen-bond donors (Lipinski definition) is 0. The molecule has 0 bridgehead atoms. The molecule has 0 aliphatic heterocycles. The Balaban J connectivity index is -0.00000000500. The second-order valence-electron chi connectivity index (χ2n) is 0. The van der Waals surface area contributed by atoms with Gasteiger partial charge in [-0.25, -0.2) is 0 Å². The molecule has 0 spiro atoms. The molecular weight excluding hydrogens is 429 g/mol. The Hall–Kier alpha value is 2.48. The van der Waals surface area contributed by atoms with Crippen molar-refractivity contribution in [1.82, 2.24) is 0 Å². The van der Waals surface area contributed by atoms with Crippen molar-refractivity contribution in [2.24, 2.45) is 0 Å². The first-order chi connectivity index (χ1) is 1.00. The maximum absolute atomic E-state index is 2.03. The van der Waals surface area contributed by atoms with Crippen LogP contribution in [0.4, 0.5) is 0 Å². The van der Waals surface area contributed by atoms with Crippen LogP contribution in [0, 0.1) is 0 Å². The average Bonchev–Trinajstić information content (AvgIpc) is 1.00. The van der Waals surface area contributed by atoms with Crippen molar-refractivity contribution in [3.05, 3.63) is 0 Å². The summed E-state index contributed by atoms with van der Waals surface area (Å²) in [4.78, 5) is 0. The Morgan fingerprint density at radius 2 is 1.25 bits per heavy atom. The molecule has 0 aliphatic carbocycles. The maximum atomic E-state index is 2.03. The molecule has 0 fully saturated rings. The van der Waals surface area contributed by atoms with E-state index in [0.717, 1.165) is 0 Å². The van der Waals surface area contributed by atoms with Gasteiger partial charge in [0.25, 0.3) is 0 Å². The van der Waals surface area contributed by atoms with Crippen LogP contribution >= 0.6 is 0 Å². The third kappa shape index (κ3) is 8.82. The van der Waals surface area contributed by atoms with Gasteiger partial charge in [0.05, 0.1) is 0 Å². The summed E-state index contributed by atoms with van der Waals surface area (Å²) in [6.45, 7) is 0. The predicted molar refractivity (Wildman–Crippen MR) is 5.75 cm³/mol. The van der Waals surface area contributed by atoms with Crippen LogP contribution < -0.4 is 0 Å². The van der Waals surface area contributed by atoms with Gasteiger partial charge in [0.1, 0.15) is 0 Å². The van der Waals surface area contributed by atoms with Gasteiger partial charge in [-0.2, -0.15) is 0 Å². The van der Waals surface area contributed by atoms with E-state index in [2.05, 4.69) is 0 Å². The van der Waals surface area contributed by atoms with Crippen molar-refractivity contribution in [3.8, 4) is 0 Å². The summed E-state index contributed by atoms with van der Waals surface area (Å²) in [5.74, 6) is 0. The summed E-state index contributed by atoms with van der Waals surface area (Å²) in [6, 6.07) is 0. The molecule has 0 saturated heterocycles. The monoisotopic (exact) mass is 431 g/mol. The summed E-state index contributed by atoms with van der Waals surface area (Å²) in [6.07, 6.45) is 0. The van der Waals surface area contributed by atoms with E-state index in [1.165, 1.54) is 0 Å². The molecule has 0 N–H and O–H groups in total. The van der Waals surface area contributed by atoms with Crippen molar-refractivity contribution in [3.63, 3.8) is 0 Å². The molecule has 0 nitrogen and oxygen atoms in total. The van der Waals surface area contributed by atoms with Crippen LogP contribution in [0.15, 0.2) is 0 Å². The average molecular weight is 429 g/mol. The van der Waals surface area contributed by atoms with Gasteiger partial charge in [-0.15, -0.1) is 0 Å². The molecule has 31 valence electrons. The summed E-state index contributed by atoms with van der Waals surface area (Å²) in [5.41, 5.74) is 0. The van der Waals surface area contributed by atoms with E-state index < -0.39 is 0 Å². The molecule has 0 aromatic carbocycles. The number of rotatable bonds is 0. The fourth-order valence-electron chi connectivity index (χ4n) is 0. The summed E-state index contributed by atoms with van der Waals surface area (Å²) >= 11 is 3.63. The van der Waals surface area contributed by atoms with Crippen LogP contribution in [0.1, 0.15) is 0 Å². The zero-order chi connectivity index (χ0) is 2.00. The van der Waals surface area contributed by atoms with E-state index in [0.29, 0.717) is 0 Å². The normalized spacial score (nSPS) is 1.00. The number of hydrogen-bond acceptors (Lipinski definition) is 0. The molecule has 1 radical (unpaired) electrons. The molecule has 0 aliphatic rings. The van der Waals surface area contributed by atoms with Crippen LogP contribution in [0.2, 0.25) is 0 Å².